The molecule has 8 nitrogen and oxygen atoms in total. The molecule has 0 aliphatic carbocycles. The van der Waals surface area contributed by atoms with Gasteiger partial charge in [-0.25, -0.2) is 0 Å². The Morgan fingerprint density at radius 2 is 2.00 bits per heavy atom. The molecule has 1 fully saturated rings. The average molecular weight is 275 g/mol. The highest BCUT2D eigenvalue weighted by molar-refractivity contribution is 5.98. The number of terminal acetylenes is 1. The number of benzene rings is 1. The molecule has 0 saturated carbocycles. The Labute approximate surface area is 113 Å². The maximum absolute atomic E-state index is 11.8. The van der Waals surface area contributed by atoms with E-state index in [1.807, 2.05) is 0 Å². The Bertz CT molecular complexity index is 649. The molecule has 0 aromatic heterocycles. The lowest BCUT2D eigenvalue weighted by molar-refractivity contribution is -0.393. The molecule has 1 aromatic carbocycles. The van der Waals surface area contributed by atoms with E-state index in [4.69, 9.17) is 6.42 Å². The maximum atomic E-state index is 11.8. The molecule has 8 heteroatoms. The minimum Gasteiger partial charge on any atom is -0.305 e. The van der Waals surface area contributed by atoms with Gasteiger partial charge in [-0.05, 0) is 6.07 Å². The highest BCUT2D eigenvalue weighted by atomic mass is 16.6. The van der Waals surface area contributed by atoms with Crippen molar-refractivity contribution >= 4 is 23.0 Å². The molecule has 1 amide bonds. The highest BCUT2D eigenvalue weighted by Gasteiger charge is 2.34. The van der Waals surface area contributed by atoms with Crippen molar-refractivity contribution in [2.24, 2.45) is 5.92 Å². The maximum Gasteiger partial charge on any atom is 0.299 e. The zero-order valence-electron chi connectivity index (χ0n) is 10.2. The van der Waals surface area contributed by atoms with Crippen LogP contribution in [0.15, 0.2) is 18.2 Å². The molecule has 1 unspecified atom stereocenters. The van der Waals surface area contributed by atoms with E-state index < -0.39 is 21.2 Å². The van der Waals surface area contributed by atoms with Crippen LogP contribution in [-0.2, 0) is 4.79 Å². The Balaban J connectivity index is 2.47. The number of carbonyl (C=O) groups excluding carboxylic acids is 1. The van der Waals surface area contributed by atoms with Crippen LogP contribution in [0.1, 0.15) is 6.42 Å². The normalized spacial score (nSPS) is 17.9. The number of hydrogen-bond donors (Lipinski definition) is 0. The standard InChI is InChI=1S/C12H9N3O5/c1-2-8-5-12(16)13(7-8)10-4-3-9(14(17)18)6-11(10)15(19)20/h1,3-4,6,8H,5,7H2. The summed E-state index contributed by atoms with van der Waals surface area (Å²) in [5, 5.41) is 21.7. The fourth-order valence-electron chi connectivity index (χ4n) is 2.05. The Morgan fingerprint density at radius 3 is 2.50 bits per heavy atom. The van der Waals surface area contributed by atoms with Gasteiger partial charge in [-0.3, -0.25) is 25.0 Å². The predicted octanol–water partition coefficient (Wildman–Crippen LogP) is 1.49. The van der Waals surface area contributed by atoms with Gasteiger partial charge in [0.15, 0.2) is 0 Å². The Hall–Kier alpha value is -2.95. The van der Waals surface area contributed by atoms with Crippen molar-refractivity contribution in [3.63, 3.8) is 0 Å². The number of nitrogens with zero attached hydrogens (tertiary/aromatic N) is 3. The lowest BCUT2D eigenvalue weighted by Crippen LogP contribution is -2.25. The predicted molar refractivity (Wildman–Crippen MR) is 69.0 cm³/mol. The number of non-ortho nitro benzene ring substituents is 1. The second-order valence-electron chi connectivity index (χ2n) is 4.26. The minimum atomic E-state index is -0.751. The van der Waals surface area contributed by atoms with Crippen LogP contribution < -0.4 is 4.90 Å². The van der Waals surface area contributed by atoms with Crippen LogP contribution in [0.5, 0.6) is 0 Å². The quantitative estimate of drug-likeness (QED) is 0.472. The van der Waals surface area contributed by atoms with Crippen LogP contribution >= 0.6 is 0 Å². The van der Waals surface area contributed by atoms with Crippen LogP contribution in [0, 0.1) is 38.5 Å². The molecule has 0 bridgehead atoms. The van der Waals surface area contributed by atoms with E-state index in [9.17, 15) is 25.0 Å². The van der Waals surface area contributed by atoms with Crippen molar-refractivity contribution in [2.45, 2.75) is 6.42 Å². The van der Waals surface area contributed by atoms with Crippen LogP contribution in [0.4, 0.5) is 17.1 Å². The molecule has 1 aliphatic rings. The number of amides is 1. The fraction of sp³-hybridized carbons (Fsp3) is 0.250. The summed E-state index contributed by atoms with van der Waals surface area (Å²) in [4.78, 5) is 33.2. The van der Waals surface area contributed by atoms with Gasteiger partial charge >= 0.3 is 0 Å². The first-order valence-corrected chi connectivity index (χ1v) is 5.63. The molecule has 1 aromatic rings. The lowest BCUT2D eigenvalue weighted by atomic mass is 10.1. The topological polar surface area (TPSA) is 107 Å². The molecule has 102 valence electrons. The van der Waals surface area contributed by atoms with Gasteiger partial charge in [-0.15, -0.1) is 12.3 Å². The lowest BCUT2D eigenvalue weighted by Gasteiger charge is -2.15. The van der Waals surface area contributed by atoms with Crippen molar-refractivity contribution in [2.75, 3.05) is 11.4 Å². The van der Waals surface area contributed by atoms with E-state index >= 15 is 0 Å². The van der Waals surface area contributed by atoms with E-state index in [0.29, 0.717) is 0 Å². The Kier molecular flexibility index (Phi) is 3.35. The third-order valence-electron chi connectivity index (χ3n) is 3.02. The molecule has 1 atom stereocenters. The minimum absolute atomic E-state index is 0.0309. The summed E-state index contributed by atoms with van der Waals surface area (Å²) in [6.45, 7) is 0.175. The van der Waals surface area contributed by atoms with Crippen molar-refractivity contribution in [1.82, 2.24) is 0 Å². The number of rotatable bonds is 3. The third kappa shape index (κ3) is 2.29. The molecule has 1 saturated heterocycles. The van der Waals surface area contributed by atoms with E-state index in [2.05, 4.69) is 5.92 Å². The SMILES string of the molecule is C#CC1CC(=O)N(c2ccc([N+](=O)[O-])cc2[N+](=O)[O-])C1. The summed E-state index contributed by atoms with van der Waals surface area (Å²) in [6.07, 6.45) is 5.36. The average Bonchev–Trinajstić information content (AvgIpc) is 2.79. The van der Waals surface area contributed by atoms with Crippen LogP contribution in [0.2, 0.25) is 0 Å². The van der Waals surface area contributed by atoms with Gasteiger partial charge in [0.05, 0.1) is 15.9 Å². The van der Waals surface area contributed by atoms with Crippen molar-refractivity contribution < 1.29 is 14.6 Å². The number of anilines is 1. The molecule has 1 aliphatic heterocycles. The first-order valence-electron chi connectivity index (χ1n) is 5.63. The summed E-state index contributed by atoms with van der Waals surface area (Å²) >= 11 is 0. The van der Waals surface area contributed by atoms with Gasteiger partial charge in [0.2, 0.25) is 5.91 Å². The monoisotopic (exact) mass is 275 g/mol. The van der Waals surface area contributed by atoms with E-state index in [1.165, 1.54) is 11.0 Å². The highest BCUT2D eigenvalue weighted by Crippen LogP contribution is 2.35. The van der Waals surface area contributed by atoms with Crippen LogP contribution in [-0.4, -0.2) is 22.3 Å². The first-order chi connectivity index (χ1) is 9.43. The second kappa shape index (κ2) is 4.97. The molecule has 0 N–H and O–H groups in total. The first kappa shape index (κ1) is 13.5. The van der Waals surface area contributed by atoms with Gasteiger partial charge < -0.3 is 4.90 Å². The van der Waals surface area contributed by atoms with Crippen molar-refractivity contribution in [3.8, 4) is 12.3 Å². The van der Waals surface area contributed by atoms with Gasteiger partial charge in [-0.1, -0.05) is 0 Å². The molecule has 0 radical (unpaired) electrons. The summed E-state index contributed by atoms with van der Waals surface area (Å²) in [5.74, 6) is 1.79. The number of carbonyl (C=O) groups is 1. The molecular formula is C12H9N3O5. The summed E-state index contributed by atoms with van der Waals surface area (Å²) in [5.41, 5.74) is -0.853. The smallest absolute Gasteiger partial charge is 0.299 e. The summed E-state index contributed by atoms with van der Waals surface area (Å²) < 4.78 is 0. The number of nitro groups is 2. The van der Waals surface area contributed by atoms with Crippen LogP contribution in [0.3, 0.4) is 0 Å². The Morgan fingerprint density at radius 1 is 1.30 bits per heavy atom. The number of hydrogen-bond acceptors (Lipinski definition) is 5. The summed E-state index contributed by atoms with van der Waals surface area (Å²) in [6, 6.07) is 3.16. The second-order valence-corrected chi connectivity index (χ2v) is 4.26. The van der Waals surface area contributed by atoms with Gasteiger partial charge in [-0.2, -0.15) is 0 Å². The van der Waals surface area contributed by atoms with E-state index in [0.717, 1.165) is 12.1 Å². The molecule has 20 heavy (non-hydrogen) atoms. The third-order valence-corrected chi connectivity index (χ3v) is 3.02. The van der Waals surface area contributed by atoms with Crippen molar-refractivity contribution in [3.05, 3.63) is 38.4 Å². The van der Waals surface area contributed by atoms with E-state index in [-0.39, 0.29) is 30.5 Å². The largest absolute Gasteiger partial charge is 0.305 e. The zero-order chi connectivity index (χ0) is 14.9. The number of nitro benzene ring substituents is 2. The summed E-state index contributed by atoms with van der Waals surface area (Å²) in [7, 11) is 0. The van der Waals surface area contributed by atoms with E-state index in [1.54, 1.807) is 0 Å². The molecule has 2 rings (SSSR count). The fourth-order valence-corrected chi connectivity index (χ4v) is 2.05. The van der Waals surface area contributed by atoms with Gasteiger partial charge in [0, 0.05) is 24.9 Å². The molecule has 1 heterocycles. The van der Waals surface area contributed by atoms with Crippen molar-refractivity contribution in [1.29, 1.82) is 0 Å². The van der Waals surface area contributed by atoms with Crippen LogP contribution in [0.25, 0.3) is 0 Å². The molecular weight excluding hydrogens is 266 g/mol. The zero-order valence-corrected chi connectivity index (χ0v) is 10.2. The van der Waals surface area contributed by atoms with Gasteiger partial charge in [0.1, 0.15) is 5.69 Å². The van der Waals surface area contributed by atoms with Gasteiger partial charge in [0.25, 0.3) is 11.4 Å². The molecule has 0 spiro atoms.